The van der Waals surface area contributed by atoms with Gasteiger partial charge in [-0.15, -0.1) is 0 Å². The third kappa shape index (κ3) is 0.690. The highest BCUT2D eigenvalue weighted by atomic mass is 16.5. The molecule has 1 aliphatic rings. The number of rotatable bonds is 0. The van der Waals surface area contributed by atoms with Crippen LogP contribution >= 0.6 is 0 Å². The minimum absolute atomic E-state index is 0.297. The highest BCUT2D eigenvalue weighted by Crippen LogP contribution is 2.09. The fourth-order valence-electron chi connectivity index (χ4n) is 1.05. The standard InChI is InChI=1S/C6H7NO3/c8-6-4-3-9-2-1-5(4)7-10-6/h7H,1-3H2. The molecule has 0 unspecified atom stereocenters. The van der Waals surface area contributed by atoms with Crippen LogP contribution in [0.4, 0.5) is 0 Å². The fraction of sp³-hybridized carbons (Fsp3) is 0.500. The Bertz CT molecular complexity index is 285. The topological polar surface area (TPSA) is 55.2 Å². The molecule has 1 N–H and O–H groups in total. The first kappa shape index (κ1) is 5.73. The molecule has 0 spiro atoms. The van der Waals surface area contributed by atoms with Gasteiger partial charge in [-0.1, -0.05) is 0 Å². The average Bonchev–Trinajstić information content (AvgIpc) is 2.34. The van der Waals surface area contributed by atoms with Crippen molar-refractivity contribution in [3.05, 3.63) is 21.7 Å². The maximum Gasteiger partial charge on any atom is 0.363 e. The normalized spacial score (nSPS) is 16.8. The van der Waals surface area contributed by atoms with Crippen LogP contribution in [0.25, 0.3) is 0 Å². The summed E-state index contributed by atoms with van der Waals surface area (Å²) in [6, 6.07) is 0. The third-order valence-electron chi connectivity index (χ3n) is 1.62. The fourth-order valence-corrected chi connectivity index (χ4v) is 1.05. The summed E-state index contributed by atoms with van der Waals surface area (Å²) < 4.78 is 9.61. The van der Waals surface area contributed by atoms with Gasteiger partial charge in [0, 0.05) is 6.42 Å². The van der Waals surface area contributed by atoms with Crippen LogP contribution in [0, 0.1) is 0 Å². The van der Waals surface area contributed by atoms with Crippen LogP contribution in [0.3, 0.4) is 0 Å². The smallest absolute Gasteiger partial charge is 0.363 e. The Hall–Kier alpha value is -1.03. The lowest BCUT2D eigenvalue weighted by atomic mass is 10.2. The van der Waals surface area contributed by atoms with Crippen LogP contribution < -0.4 is 5.63 Å². The molecule has 0 aromatic carbocycles. The molecule has 0 amide bonds. The van der Waals surface area contributed by atoms with Crippen molar-refractivity contribution in [1.82, 2.24) is 5.16 Å². The molecule has 0 saturated heterocycles. The number of H-pyrrole nitrogens is 1. The zero-order chi connectivity index (χ0) is 6.97. The molecule has 10 heavy (non-hydrogen) atoms. The highest BCUT2D eigenvalue weighted by Gasteiger charge is 2.15. The van der Waals surface area contributed by atoms with Crippen LogP contribution in [0.15, 0.2) is 9.32 Å². The molecule has 0 atom stereocenters. The lowest BCUT2D eigenvalue weighted by Crippen LogP contribution is -2.13. The molecule has 0 fully saturated rings. The molecule has 0 bridgehead atoms. The molecule has 4 nitrogen and oxygen atoms in total. The van der Waals surface area contributed by atoms with E-state index in [4.69, 9.17) is 4.74 Å². The van der Waals surface area contributed by atoms with Crippen molar-refractivity contribution >= 4 is 0 Å². The van der Waals surface area contributed by atoms with Crippen LogP contribution in [0.1, 0.15) is 11.3 Å². The molecule has 0 radical (unpaired) electrons. The molecule has 2 heterocycles. The van der Waals surface area contributed by atoms with E-state index in [1.54, 1.807) is 0 Å². The van der Waals surface area contributed by atoms with Crippen molar-refractivity contribution in [2.75, 3.05) is 6.61 Å². The number of hydrogen-bond acceptors (Lipinski definition) is 3. The second kappa shape index (κ2) is 1.98. The van der Waals surface area contributed by atoms with Crippen molar-refractivity contribution in [1.29, 1.82) is 0 Å². The predicted molar refractivity (Wildman–Crippen MR) is 32.7 cm³/mol. The van der Waals surface area contributed by atoms with E-state index >= 15 is 0 Å². The van der Waals surface area contributed by atoms with E-state index in [1.165, 1.54) is 0 Å². The van der Waals surface area contributed by atoms with Crippen molar-refractivity contribution < 1.29 is 9.26 Å². The van der Waals surface area contributed by atoms with E-state index in [2.05, 4.69) is 9.68 Å². The van der Waals surface area contributed by atoms with Gasteiger partial charge in [0.05, 0.1) is 24.5 Å². The Kier molecular flexibility index (Phi) is 1.14. The minimum atomic E-state index is -0.297. The van der Waals surface area contributed by atoms with E-state index < -0.39 is 0 Å². The van der Waals surface area contributed by atoms with Gasteiger partial charge >= 0.3 is 5.63 Å². The van der Waals surface area contributed by atoms with Crippen molar-refractivity contribution in [3.8, 4) is 0 Å². The zero-order valence-corrected chi connectivity index (χ0v) is 5.35. The van der Waals surface area contributed by atoms with E-state index in [-0.39, 0.29) is 5.63 Å². The number of aromatic amines is 1. The summed E-state index contributed by atoms with van der Waals surface area (Å²) in [7, 11) is 0. The lowest BCUT2D eigenvalue weighted by Gasteiger charge is -2.07. The number of ether oxygens (including phenoxy) is 1. The van der Waals surface area contributed by atoms with E-state index in [9.17, 15) is 4.79 Å². The van der Waals surface area contributed by atoms with E-state index in [0.717, 1.165) is 12.1 Å². The summed E-state index contributed by atoms with van der Waals surface area (Å²) in [6.45, 7) is 1.06. The monoisotopic (exact) mass is 141 g/mol. The van der Waals surface area contributed by atoms with Gasteiger partial charge in [0.2, 0.25) is 0 Å². The molecule has 1 aromatic heterocycles. The van der Waals surface area contributed by atoms with E-state index in [1.807, 2.05) is 0 Å². The Morgan fingerprint density at radius 3 is 3.20 bits per heavy atom. The summed E-state index contributed by atoms with van der Waals surface area (Å²) >= 11 is 0. The van der Waals surface area contributed by atoms with Crippen molar-refractivity contribution in [3.63, 3.8) is 0 Å². The van der Waals surface area contributed by atoms with Gasteiger partial charge in [-0.3, -0.25) is 0 Å². The van der Waals surface area contributed by atoms with Crippen molar-refractivity contribution in [2.45, 2.75) is 13.0 Å². The SMILES string of the molecule is O=c1o[nH]c2c1COCC2. The molecular formula is C6H7NO3. The summed E-state index contributed by atoms with van der Waals surface area (Å²) in [4.78, 5) is 10.8. The quantitative estimate of drug-likeness (QED) is 0.555. The van der Waals surface area contributed by atoms with Crippen LogP contribution in [-0.2, 0) is 17.8 Å². The van der Waals surface area contributed by atoms with E-state index in [0.29, 0.717) is 18.8 Å². The van der Waals surface area contributed by atoms with Gasteiger partial charge in [-0.25, -0.2) is 9.95 Å². The summed E-state index contributed by atoms with van der Waals surface area (Å²) in [5, 5.41) is 2.56. The Morgan fingerprint density at radius 2 is 2.40 bits per heavy atom. The van der Waals surface area contributed by atoms with Crippen molar-refractivity contribution in [2.24, 2.45) is 0 Å². The molecule has 0 aliphatic carbocycles. The van der Waals surface area contributed by atoms with Gasteiger partial charge in [0.25, 0.3) is 0 Å². The van der Waals surface area contributed by atoms with Gasteiger partial charge < -0.3 is 9.26 Å². The first-order valence-corrected chi connectivity index (χ1v) is 3.15. The van der Waals surface area contributed by atoms with Gasteiger partial charge in [0.15, 0.2) is 0 Å². The first-order chi connectivity index (χ1) is 4.88. The van der Waals surface area contributed by atoms with Gasteiger partial charge in [0.1, 0.15) is 0 Å². The highest BCUT2D eigenvalue weighted by molar-refractivity contribution is 5.15. The number of aromatic nitrogens is 1. The average molecular weight is 141 g/mol. The molecule has 1 aromatic rings. The largest absolute Gasteiger partial charge is 0.376 e. The second-order valence-corrected chi connectivity index (χ2v) is 2.25. The van der Waals surface area contributed by atoms with Gasteiger partial charge in [-0.05, 0) is 0 Å². The molecule has 0 saturated carbocycles. The Balaban J connectivity index is 2.55. The van der Waals surface area contributed by atoms with Crippen LogP contribution in [-0.4, -0.2) is 11.8 Å². The Labute approximate surface area is 56.8 Å². The molecular weight excluding hydrogens is 134 g/mol. The van der Waals surface area contributed by atoms with Gasteiger partial charge in [-0.2, -0.15) is 0 Å². The molecule has 4 heteroatoms. The summed E-state index contributed by atoms with van der Waals surface area (Å²) in [5.74, 6) is 0. The number of fused-ring (bicyclic) bond motifs is 1. The summed E-state index contributed by atoms with van der Waals surface area (Å²) in [6.07, 6.45) is 0.751. The minimum Gasteiger partial charge on any atom is -0.376 e. The molecule has 2 rings (SSSR count). The van der Waals surface area contributed by atoms with Crippen LogP contribution in [0.2, 0.25) is 0 Å². The first-order valence-electron chi connectivity index (χ1n) is 3.15. The Morgan fingerprint density at radius 1 is 1.50 bits per heavy atom. The van der Waals surface area contributed by atoms with Crippen LogP contribution in [0.5, 0.6) is 0 Å². The maximum atomic E-state index is 10.8. The maximum absolute atomic E-state index is 10.8. The zero-order valence-electron chi connectivity index (χ0n) is 5.35. The molecule has 54 valence electrons. The predicted octanol–water partition coefficient (Wildman–Crippen LogP) is 0.0406. The molecule has 1 aliphatic heterocycles. The number of nitrogens with one attached hydrogen (secondary N) is 1. The lowest BCUT2D eigenvalue weighted by molar-refractivity contribution is 0.109. The summed E-state index contributed by atoms with van der Waals surface area (Å²) in [5.41, 5.74) is 1.23. The number of hydrogen-bond donors (Lipinski definition) is 1. The second-order valence-electron chi connectivity index (χ2n) is 2.25. The third-order valence-corrected chi connectivity index (χ3v) is 1.62.